The van der Waals surface area contributed by atoms with Crippen LogP contribution in [0.5, 0.6) is 11.5 Å². The smallest absolute Gasteiger partial charge is 0.194 e. The molecular weight excluding hydrogens is 358 g/mol. The Labute approximate surface area is 164 Å². The van der Waals surface area contributed by atoms with Gasteiger partial charge in [-0.1, -0.05) is 23.8 Å². The Morgan fingerprint density at radius 2 is 1.93 bits per heavy atom. The van der Waals surface area contributed by atoms with E-state index in [9.17, 15) is 5.11 Å². The number of aryl methyl sites for hydroxylation is 1. The van der Waals surface area contributed by atoms with E-state index in [0.29, 0.717) is 30.4 Å². The second kappa shape index (κ2) is 9.29. The third-order valence-corrected chi connectivity index (χ3v) is 4.17. The summed E-state index contributed by atoms with van der Waals surface area (Å²) in [6, 6.07) is 13.7. The number of aliphatic hydroxyl groups excluding tert-OH is 1. The highest BCUT2D eigenvalue weighted by Crippen LogP contribution is 2.28. The number of aromatic nitrogens is 4. The van der Waals surface area contributed by atoms with E-state index in [1.54, 1.807) is 18.7 Å². The van der Waals surface area contributed by atoms with Gasteiger partial charge in [-0.2, -0.15) is 4.68 Å². The fourth-order valence-electron chi connectivity index (χ4n) is 2.69. The van der Waals surface area contributed by atoms with Gasteiger partial charge in [-0.15, -0.1) is 5.10 Å². The Morgan fingerprint density at radius 1 is 1.14 bits per heavy atom. The van der Waals surface area contributed by atoms with Gasteiger partial charge in [-0.05, 0) is 54.1 Å². The summed E-state index contributed by atoms with van der Waals surface area (Å²) in [5.41, 5.74) is 3.08. The van der Waals surface area contributed by atoms with Gasteiger partial charge in [0.05, 0.1) is 18.9 Å². The molecule has 0 radical (unpaired) electrons. The van der Waals surface area contributed by atoms with Crippen LogP contribution in [0.4, 0.5) is 0 Å². The Bertz CT molecular complexity index is 893. The summed E-state index contributed by atoms with van der Waals surface area (Å²) in [5.74, 6) is 1.83. The molecule has 0 fully saturated rings. The zero-order valence-corrected chi connectivity index (χ0v) is 16.3. The van der Waals surface area contributed by atoms with Crippen LogP contribution in [0.15, 0.2) is 42.5 Å². The lowest BCUT2D eigenvalue weighted by atomic mass is 10.2. The molecule has 3 aromatic rings. The molecule has 2 aromatic carbocycles. The van der Waals surface area contributed by atoms with Gasteiger partial charge in [0, 0.05) is 13.1 Å². The van der Waals surface area contributed by atoms with Crippen molar-refractivity contribution < 1.29 is 14.6 Å². The second-order valence-electron chi connectivity index (χ2n) is 6.60. The third-order valence-electron chi connectivity index (χ3n) is 4.17. The topological polar surface area (TPSA) is 94.3 Å². The van der Waals surface area contributed by atoms with Crippen molar-refractivity contribution >= 4 is 0 Å². The Balaban J connectivity index is 1.68. The van der Waals surface area contributed by atoms with Gasteiger partial charge in [0.15, 0.2) is 23.9 Å². The average molecular weight is 383 g/mol. The highest BCUT2D eigenvalue weighted by molar-refractivity contribution is 5.43. The first-order valence-corrected chi connectivity index (χ1v) is 9.09. The Morgan fingerprint density at radius 3 is 2.64 bits per heavy atom. The van der Waals surface area contributed by atoms with Crippen molar-refractivity contribution in [3.8, 4) is 17.2 Å². The minimum Gasteiger partial charge on any atom is -0.493 e. The second-order valence-corrected chi connectivity index (χ2v) is 6.60. The van der Waals surface area contributed by atoms with Crippen LogP contribution in [-0.2, 0) is 13.2 Å². The predicted octanol–water partition coefficient (Wildman–Crippen LogP) is 2.03. The first-order chi connectivity index (χ1) is 13.6. The Hall–Kier alpha value is -2.97. The van der Waals surface area contributed by atoms with Gasteiger partial charge in [-0.3, -0.25) is 0 Å². The van der Waals surface area contributed by atoms with Crippen LogP contribution in [0.25, 0.3) is 5.69 Å². The monoisotopic (exact) mass is 383 g/mol. The van der Waals surface area contributed by atoms with E-state index in [4.69, 9.17) is 9.47 Å². The van der Waals surface area contributed by atoms with Crippen LogP contribution in [0.1, 0.15) is 23.9 Å². The highest BCUT2D eigenvalue weighted by Gasteiger charge is 2.12. The van der Waals surface area contributed by atoms with Crippen LogP contribution in [0, 0.1) is 6.92 Å². The lowest BCUT2D eigenvalue weighted by Gasteiger charge is -2.13. The number of methoxy groups -OCH3 is 1. The molecule has 1 aromatic heterocycles. The molecule has 2 N–H and O–H groups in total. The molecule has 0 aliphatic rings. The maximum absolute atomic E-state index is 9.33. The van der Waals surface area contributed by atoms with Crippen LogP contribution in [-0.4, -0.2) is 45.1 Å². The number of ether oxygens (including phenoxy) is 2. The largest absolute Gasteiger partial charge is 0.493 e. The van der Waals surface area contributed by atoms with Crippen molar-refractivity contribution in [2.45, 2.75) is 33.1 Å². The molecule has 0 bridgehead atoms. The van der Waals surface area contributed by atoms with Gasteiger partial charge in [0.25, 0.3) is 0 Å². The molecule has 3 rings (SSSR count). The maximum atomic E-state index is 9.33. The molecule has 1 atom stereocenters. The number of nitrogens with zero attached hydrogens (tertiary/aromatic N) is 4. The molecule has 28 heavy (non-hydrogen) atoms. The number of benzene rings is 2. The quantitative estimate of drug-likeness (QED) is 0.584. The zero-order valence-electron chi connectivity index (χ0n) is 16.3. The number of rotatable bonds is 9. The molecule has 0 aliphatic heterocycles. The predicted molar refractivity (Wildman–Crippen MR) is 105 cm³/mol. The molecule has 0 saturated carbocycles. The van der Waals surface area contributed by atoms with Crippen molar-refractivity contribution in [3.63, 3.8) is 0 Å². The minimum absolute atomic E-state index is 0.205. The van der Waals surface area contributed by atoms with Crippen molar-refractivity contribution in [1.29, 1.82) is 0 Å². The van der Waals surface area contributed by atoms with Crippen LogP contribution < -0.4 is 14.8 Å². The summed E-state index contributed by atoms with van der Waals surface area (Å²) in [6.45, 7) is 5.14. The first-order valence-electron chi connectivity index (χ1n) is 9.09. The van der Waals surface area contributed by atoms with E-state index in [1.807, 2.05) is 49.4 Å². The zero-order chi connectivity index (χ0) is 19.9. The summed E-state index contributed by atoms with van der Waals surface area (Å²) in [5, 5.41) is 24.4. The van der Waals surface area contributed by atoms with E-state index in [2.05, 4.69) is 20.8 Å². The first kappa shape index (κ1) is 19.8. The number of nitrogens with one attached hydrogen (secondary N) is 1. The van der Waals surface area contributed by atoms with Gasteiger partial charge in [0.1, 0.15) is 0 Å². The van der Waals surface area contributed by atoms with Crippen LogP contribution >= 0.6 is 0 Å². The molecule has 0 saturated heterocycles. The molecule has 0 spiro atoms. The number of aliphatic hydroxyl groups is 1. The summed E-state index contributed by atoms with van der Waals surface area (Å²) >= 11 is 0. The Kier molecular flexibility index (Phi) is 6.57. The normalized spacial score (nSPS) is 12.0. The standard InChI is InChI=1S/C20H25N5O3/c1-14-4-7-17(8-5-14)25-20(22-23-24-25)13-28-18-9-6-16(10-19(18)27-3)12-21-11-15(2)26/h4-10,15,21,26H,11-13H2,1-3H3/t15-/m0/s1. The number of hydrogen-bond acceptors (Lipinski definition) is 7. The highest BCUT2D eigenvalue weighted by atomic mass is 16.5. The van der Waals surface area contributed by atoms with Crippen LogP contribution in [0.2, 0.25) is 0 Å². The third kappa shape index (κ3) is 5.05. The van der Waals surface area contributed by atoms with Crippen molar-refractivity contribution in [2.75, 3.05) is 13.7 Å². The molecule has 8 nitrogen and oxygen atoms in total. The summed E-state index contributed by atoms with van der Waals surface area (Å²) < 4.78 is 13.0. The lowest BCUT2D eigenvalue weighted by Crippen LogP contribution is -2.23. The van der Waals surface area contributed by atoms with Crippen molar-refractivity contribution in [3.05, 3.63) is 59.4 Å². The van der Waals surface area contributed by atoms with Gasteiger partial charge in [0.2, 0.25) is 0 Å². The van der Waals surface area contributed by atoms with Gasteiger partial charge < -0.3 is 19.9 Å². The fraction of sp³-hybridized carbons (Fsp3) is 0.350. The maximum Gasteiger partial charge on any atom is 0.194 e. The van der Waals surface area contributed by atoms with Crippen molar-refractivity contribution in [1.82, 2.24) is 25.5 Å². The van der Waals surface area contributed by atoms with E-state index >= 15 is 0 Å². The van der Waals surface area contributed by atoms with Gasteiger partial charge in [-0.25, -0.2) is 0 Å². The van der Waals surface area contributed by atoms with E-state index in [-0.39, 0.29) is 12.7 Å². The van der Waals surface area contributed by atoms with Crippen LogP contribution in [0.3, 0.4) is 0 Å². The average Bonchev–Trinajstić information content (AvgIpc) is 3.15. The van der Waals surface area contributed by atoms with Gasteiger partial charge >= 0.3 is 0 Å². The molecule has 0 aliphatic carbocycles. The molecule has 148 valence electrons. The SMILES string of the molecule is COc1cc(CNC[C@H](C)O)ccc1OCc1nnnn1-c1ccc(C)cc1. The van der Waals surface area contributed by atoms with Crippen molar-refractivity contribution in [2.24, 2.45) is 0 Å². The van der Waals surface area contributed by atoms with E-state index in [0.717, 1.165) is 11.3 Å². The van der Waals surface area contributed by atoms with E-state index < -0.39 is 0 Å². The minimum atomic E-state index is -0.385. The molecular formula is C20H25N5O3. The fourth-order valence-corrected chi connectivity index (χ4v) is 2.69. The number of hydrogen-bond donors (Lipinski definition) is 2. The summed E-state index contributed by atoms with van der Waals surface area (Å²) in [4.78, 5) is 0. The molecule has 0 amide bonds. The number of tetrazole rings is 1. The molecule has 8 heteroatoms. The lowest BCUT2D eigenvalue weighted by molar-refractivity contribution is 0.191. The summed E-state index contributed by atoms with van der Waals surface area (Å²) in [6.07, 6.45) is -0.385. The molecule has 1 heterocycles. The summed E-state index contributed by atoms with van der Waals surface area (Å²) in [7, 11) is 1.60. The van der Waals surface area contributed by atoms with E-state index in [1.165, 1.54) is 5.56 Å². The molecule has 0 unspecified atom stereocenters.